The molecular formula is C22H23N5O. The Labute approximate surface area is 163 Å². The molecule has 6 heteroatoms. The predicted molar refractivity (Wildman–Crippen MR) is 110 cm³/mol. The van der Waals surface area contributed by atoms with Crippen molar-refractivity contribution in [3.63, 3.8) is 0 Å². The van der Waals surface area contributed by atoms with Gasteiger partial charge >= 0.3 is 0 Å². The molecule has 0 saturated heterocycles. The molecular weight excluding hydrogens is 350 g/mol. The van der Waals surface area contributed by atoms with Crippen LogP contribution in [0.4, 0.5) is 0 Å². The highest BCUT2D eigenvalue weighted by molar-refractivity contribution is 5.40. The van der Waals surface area contributed by atoms with Crippen molar-refractivity contribution in [1.29, 1.82) is 0 Å². The van der Waals surface area contributed by atoms with Gasteiger partial charge in [0.25, 0.3) is 5.56 Å². The molecule has 6 nitrogen and oxygen atoms in total. The number of pyridine rings is 1. The first kappa shape index (κ1) is 18.1. The number of hydrogen-bond acceptors (Lipinski definition) is 4. The maximum atomic E-state index is 12.8. The Morgan fingerprint density at radius 1 is 1.11 bits per heavy atom. The molecule has 0 bridgehead atoms. The van der Waals surface area contributed by atoms with Crippen LogP contribution < -0.4 is 10.9 Å². The van der Waals surface area contributed by atoms with E-state index in [0.29, 0.717) is 18.6 Å². The van der Waals surface area contributed by atoms with Crippen LogP contribution in [0.25, 0.3) is 11.3 Å². The van der Waals surface area contributed by atoms with Crippen molar-refractivity contribution in [2.75, 3.05) is 6.54 Å². The van der Waals surface area contributed by atoms with Crippen molar-refractivity contribution in [3.05, 3.63) is 94.3 Å². The van der Waals surface area contributed by atoms with Crippen molar-refractivity contribution in [3.8, 4) is 5.69 Å². The Balaban J connectivity index is 1.46. The third kappa shape index (κ3) is 3.59. The number of fused-ring (bicyclic) bond motifs is 1. The molecule has 4 rings (SSSR count). The van der Waals surface area contributed by atoms with Gasteiger partial charge in [-0.3, -0.25) is 9.20 Å². The van der Waals surface area contributed by atoms with Gasteiger partial charge in [0.15, 0.2) is 0 Å². The molecule has 1 N–H and O–H groups in total. The zero-order chi connectivity index (χ0) is 19.5. The second-order valence-electron chi connectivity index (χ2n) is 6.88. The summed E-state index contributed by atoms with van der Waals surface area (Å²) in [5, 5.41) is 7.80. The van der Waals surface area contributed by atoms with E-state index in [1.165, 1.54) is 5.56 Å². The molecule has 0 spiro atoms. The summed E-state index contributed by atoms with van der Waals surface area (Å²) in [4.78, 5) is 17.3. The standard InChI is InChI=1S/C22H23N5O/c1-16(18-7-5-8-19(15-18)27-14-6-11-24-27)23-12-10-20-17(2)25-21-9-3-4-13-26(21)22(20)28/h3-9,11,13-16,23H,10,12H2,1-2H3. The summed E-state index contributed by atoms with van der Waals surface area (Å²) in [6.45, 7) is 4.73. The van der Waals surface area contributed by atoms with E-state index in [1.807, 2.05) is 54.2 Å². The summed E-state index contributed by atoms with van der Waals surface area (Å²) in [6.07, 6.45) is 6.11. The van der Waals surface area contributed by atoms with Gasteiger partial charge in [0, 0.05) is 42.4 Å². The van der Waals surface area contributed by atoms with Crippen LogP contribution in [0, 0.1) is 6.92 Å². The first-order valence-corrected chi connectivity index (χ1v) is 9.44. The highest BCUT2D eigenvalue weighted by atomic mass is 16.1. The third-order valence-corrected chi connectivity index (χ3v) is 5.00. The van der Waals surface area contributed by atoms with Crippen LogP contribution in [-0.4, -0.2) is 25.7 Å². The molecule has 3 heterocycles. The Hall–Kier alpha value is -3.25. The van der Waals surface area contributed by atoms with E-state index in [-0.39, 0.29) is 11.6 Å². The van der Waals surface area contributed by atoms with Crippen LogP contribution in [0.3, 0.4) is 0 Å². The van der Waals surface area contributed by atoms with Gasteiger partial charge in [-0.15, -0.1) is 0 Å². The average molecular weight is 373 g/mol. The van der Waals surface area contributed by atoms with E-state index in [0.717, 1.165) is 16.9 Å². The number of benzene rings is 1. The lowest BCUT2D eigenvalue weighted by molar-refractivity contribution is 0.573. The van der Waals surface area contributed by atoms with E-state index < -0.39 is 0 Å². The van der Waals surface area contributed by atoms with Crippen LogP contribution in [0.1, 0.15) is 29.8 Å². The van der Waals surface area contributed by atoms with Crippen molar-refractivity contribution in [2.45, 2.75) is 26.3 Å². The van der Waals surface area contributed by atoms with Gasteiger partial charge in [-0.1, -0.05) is 18.2 Å². The molecule has 0 amide bonds. The molecule has 4 aromatic rings. The average Bonchev–Trinajstić information content (AvgIpc) is 3.25. The summed E-state index contributed by atoms with van der Waals surface area (Å²) in [6, 6.07) is 16.0. The highest BCUT2D eigenvalue weighted by Gasteiger charge is 2.11. The van der Waals surface area contributed by atoms with Crippen molar-refractivity contribution in [2.24, 2.45) is 0 Å². The topological polar surface area (TPSA) is 64.2 Å². The number of nitrogens with one attached hydrogen (secondary N) is 1. The molecule has 0 aliphatic rings. The van der Waals surface area contributed by atoms with Crippen LogP contribution >= 0.6 is 0 Å². The van der Waals surface area contributed by atoms with Crippen LogP contribution in [0.5, 0.6) is 0 Å². The molecule has 3 aromatic heterocycles. The van der Waals surface area contributed by atoms with Gasteiger partial charge < -0.3 is 5.32 Å². The molecule has 0 radical (unpaired) electrons. The van der Waals surface area contributed by atoms with Crippen molar-refractivity contribution in [1.82, 2.24) is 24.5 Å². The maximum Gasteiger partial charge on any atom is 0.261 e. The Morgan fingerprint density at radius 2 is 2.00 bits per heavy atom. The highest BCUT2D eigenvalue weighted by Crippen LogP contribution is 2.16. The lowest BCUT2D eigenvalue weighted by Gasteiger charge is -2.16. The number of aromatic nitrogens is 4. The molecule has 0 aliphatic heterocycles. The minimum absolute atomic E-state index is 0.0123. The van der Waals surface area contributed by atoms with Crippen molar-refractivity contribution >= 4 is 5.65 Å². The minimum atomic E-state index is 0.0123. The SMILES string of the molecule is Cc1nc2ccccn2c(=O)c1CCNC(C)c1cccc(-n2cccn2)c1. The number of aryl methyl sites for hydroxylation is 1. The van der Waals surface area contributed by atoms with Gasteiger partial charge in [-0.2, -0.15) is 5.10 Å². The molecule has 1 unspecified atom stereocenters. The summed E-state index contributed by atoms with van der Waals surface area (Å²) in [7, 11) is 0. The molecule has 0 saturated carbocycles. The molecule has 142 valence electrons. The maximum absolute atomic E-state index is 12.8. The fourth-order valence-corrected chi connectivity index (χ4v) is 3.41. The third-order valence-electron chi connectivity index (χ3n) is 5.00. The first-order chi connectivity index (χ1) is 13.6. The number of hydrogen-bond donors (Lipinski definition) is 1. The van der Waals surface area contributed by atoms with Gasteiger partial charge in [0.1, 0.15) is 5.65 Å². The van der Waals surface area contributed by atoms with Crippen LogP contribution in [-0.2, 0) is 6.42 Å². The number of nitrogens with zero attached hydrogens (tertiary/aromatic N) is 4. The Kier molecular flexibility index (Phi) is 5.04. The molecule has 0 fully saturated rings. The second-order valence-corrected chi connectivity index (χ2v) is 6.88. The summed E-state index contributed by atoms with van der Waals surface area (Å²) < 4.78 is 3.46. The zero-order valence-corrected chi connectivity index (χ0v) is 16.0. The summed E-state index contributed by atoms with van der Waals surface area (Å²) >= 11 is 0. The molecule has 1 aromatic carbocycles. The lowest BCUT2D eigenvalue weighted by Crippen LogP contribution is -2.27. The predicted octanol–water partition coefficient (Wildman–Crippen LogP) is 3.08. The summed E-state index contributed by atoms with van der Waals surface area (Å²) in [5.74, 6) is 0. The number of rotatable bonds is 6. The fourth-order valence-electron chi connectivity index (χ4n) is 3.41. The monoisotopic (exact) mass is 373 g/mol. The Morgan fingerprint density at radius 3 is 2.82 bits per heavy atom. The van der Waals surface area contributed by atoms with E-state index in [9.17, 15) is 4.79 Å². The minimum Gasteiger partial charge on any atom is -0.310 e. The molecule has 0 aliphatic carbocycles. The van der Waals surface area contributed by atoms with E-state index in [4.69, 9.17) is 0 Å². The molecule has 28 heavy (non-hydrogen) atoms. The second kappa shape index (κ2) is 7.78. The van der Waals surface area contributed by atoms with Gasteiger partial charge in [-0.25, -0.2) is 9.67 Å². The van der Waals surface area contributed by atoms with Gasteiger partial charge in [0.2, 0.25) is 0 Å². The fraction of sp³-hybridized carbons (Fsp3) is 0.227. The van der Waals surface area contributed by atoms with Crippen molar-refractivity contribution < 1.29 is 0 Å². The van der Waals surface area contributed by atoms with Gasteiger partial charge in [0.05, 0.1) is 5.69 Å². The quantitative estimate of drug-likeness (QED) is 0.564. The first-order valence-electron chi connectivity index (χ1n) is 9.44. The zero-order valence-electron chi connectivity index (χ0n) is 16.0. The lowest BCUT2D eigenvalue weighted by atomic mass is 10.1. The van der Waals surface area contributed by atoms with Gasteiger partial charge in [-0.05, 0) is 56.2 Å². The molecule has 1 atom stereocenters. The van der Waals surface area contributed by atoms with Crippen LogP contribution in [0.2, 0.25) is 0 Å². The smallest absolute Gasteiger partial charge is 0.261 e. The largest absolute Gasteiger partial charge is 0.310 e. The summed E-state index contributed by atoms with van der Waals surface area (Å²) in [5.41, 5.74) is 4.46. The Bertz CT molecular complexity index is 1150. The van der Waals surface area contributed by atoms with Crippen LogP contribution in [0.15, 0.2) is 71.9 Å². The van der Waals surface area contributed by atoms with E-state index in [1.54, 1.807) is 16.8 Å². The normalized spacial score (nSPS) is 12.4. The van der Waals surface area contributed by atoms with E-state index in [2.05, 4.69) is 34.5 Å². The van der Waals surface area contributed by atoms with E-state index >= 15 is 0 Å².